The Hall–Kier alpha value is -3.20. The number of amides is 1. The number of thiazole rings is 1. The van der Waals surface area contributed by atoms with E-state index in [1.165, 1.54) is 28.4 Å². The summed E-state index contributed by atoms with van der Waals surface area (Å²) in [5.74, 6) is -4.62. The summed E-state index contributed by atoms with van der Waals surface area (Å²) in [6, 6.07) is 9.29. The molecule has 0 aliphatic rings. The van der Waals surface area contributed by atoms with Gasteiger partial charge in [-0.15, -0.1) is 0 Å². The third kappa shape index (κ3) is 3.41. The fraction of sp³-hybridized carbons (Fsp3) is 0.0556. The first-order valence-electron chi connectivity index (χ1n) is 7.83. The Kier molecular flexibility index (Phi) is 4.36. The lowest BCUT2D eigenvalue weighted by Crippen LogP contribution is -2.22. The van der Waals surface area contributed by atoms with Crippen molar-refractivity contribution < 1.29 is 18.0 Å². The highest BCUT2D eigenvalue weighted by Crippen LogP contribution is 2.24. The van der Waals surface area contributed by atoms with Gasteiger partial charge in [-0.2, -0.15) is 5.10 Å². The van der Waals surface area contributed by atoms with Crippen molar-refractivity contribution in [2.75, 3.05) is 0 Å². The smallest absolute Gasteiger partial charge is 0.254 e. The van der Waals surface area contributed by atoms with Crippen LogP contribution in [-0.2, 0) is 6.54 Å². The predicted molar refractivity (Wildman–Crippen MR) is 94.2 cm³/mol. The number of aromatic nitrogens is 3. The molecule has 0 saturated heterocycles. The molecule has 5 nitrogen and oxygen atoms in total. The molecule has 0 aliphatic carbocycles. The van der Waals surface area contributed by atoms with Crippen LogP contribution in [0.25, 0.3) is 15.3 Å². The number of fused-ring (bicyclic) bond motifs is 1. The molecule has 2 aromatic carbocycles. The van der Waals surface area contributed by atoms with Gasteiger partial charge in [0, 0.05) is 12.7 Å². The molecule has 2 aromatic heterocycles. The number of hydrogen-bond donors (Lipinski definition) is 1. The van der Waals surface area contributed by atoms with Crippen LogP contribution in [0.1, 0.15) is 15.9 Å². The summed E-state index contributed by atoms with van der Waals surface area (Å²) in [7, 11) is 0. The number of nitrogens with one attached hydrogen (secondary N) is 1. The van der Waals surface area contributed by atoms with Crippen molar-refractivity contribution in [1.82, 2.24) is 20.1 Å². The maximum atomic E-state index is 13.2. The van der Waals surface area contributed by atoms with Gasteiger partial charge in [0.15, 0.2) is 17.5 Å². The van der Waals surface area contributed by atoms with Gasteiger partial charge in [-0.25, -0.2) is 22.8 Å². The molecule has 0 saturated carbocycles. The molecular formula is C18H11F3N4OS. The number of para-hydroxylation sites is 1. The molecule has 4 aromatic rings. The monoisotopic (exact) mass is 388 g/mol. The van der Waals surface area contributed by atoms with Gasteiger partial charge in [0.05, 0.1) is 22.0 Å². The Morgan fingerprint density at radius 1 is 1.15 bits per heavy atom. The van der Waals surface area contributed by atoms with Crippen LogP contribution in [-0.4, -0.2) is 20.7 Å². The molecule has 1 N–H and O–H groups in total. The molecule has 0 aliphatic heterocycles. The van der Waals surface area contributed by atoms with E-state index in [0.717, 1.165) is 22.3 Å². The largest absolute Gasteiger partial charge is 0.348 e. The Bertz CT molecular complexity index is 1100. The van der Waals surface area contributed by atoms with Gasteiger partial charge >= 0.3 is 0 Å². The first kappa shape index (κ1) is 17.2. The van der Waals surface area contributed by atoms with E-state index in [1.54, 1.807) is 0 Å². The van der Waals surface area contributed by atoms with Gasteiger partial charge in [-0.1, -0.05) is 23.5 Å². The van der Waals surface area contributed by atoms with E-state index in [4.69, 9.17) is 0 Å². The SMILES string of the molecule is O=C(NCc1cc(F)c(F)c(F)c1)c1cnn(-c2nc3ccccc3s2)c1. The van der Waals surface area contributed by atoms with E-state index in [0.29, 0.717) is 5.13 Å². The normalized spacial score (nSPS) is 11.1. The van der Waals surface area contributed by atoms with Crippen molar-refractivity contribution in [1.29, 1.82) is 0 Å². The van der Waals surface area contributed by atoms with Crippen molar-refractivity contribution in [3.8, 4) is 5.13 Å². The molecule has 4 rings (SSSR count). The van der Waals surface area contributed by atoms with Gasteiger partial charge in [0.25, 0.3) is 5.91 Å². The Balaban J connectivity index is 1.48. The Labute approximate surface area is 155 Å². The van der Waals surface area contributed by atoms with Crippen LogP contribution < -0.4 is 5.32 Å². The number of carbonyl (C=O) groups excluding carboxylic acids is 1. The van der Waals surface area contributed by atoms with Gasteiger partial charge in [0.2, 0.25) is 5.13 Å². The number of hydrogen-bond acceptors (Lipinski definition) is 4. The summed E-state index contributed by atoms with van der Waals surface area (Å²) < 4.78 is 41.9. The van der Waals surface area contributed by atoms with Crippen LogP contribution in [0, 0.1) is 17.5 Å². The summed E-state index contributed by atoms with van der Waals surface area (Å²) in [6.07, 6.45) is 2.88. The van der Waals surface area contributed by atoms with Gasteiger partial charge in [-0.3, -0.25) is 4.79 Å². The lowest BCUT2D eigenvalue weighted by atomic mass is 10.2. The van der Waals surface area contributed by atoms with Crippen LogP contribution >= 0.6 is 11.3 Å². The Morgan fingerprint density at radius 2 is 1.89 bits per heavy atom. The van der Waals surface area contributed by atoms with E-state index in [1.807, 2.05) is 24.3 Å². The van der Waals surface area contributed by atoms with Crippen molar-refractivity contribution >= 4 is 27.5 Å². The van der Waals surface area contributed by atoms with Crippen LogP contribution in [0.5, 0.6) is 0 Å². The molecule has 9 heteroatoms. The molecule has 1 amide bonds. The van der Waals surface area contributed by atoms with Crippen LogP contribution in [0.3, 0.4) is 0 Å². The second-order valence-corrected chi connectivity index (χ2v) is 6.70. The third-order valence-electron chi connectivity index (χ3n) is 3.82. The lowest BCUT2D eigenvalue weighted by Gasteiger charge is -2.05. The quantitative estimate of drug-likeness (QED) is 0.541. The minimum atomic E-state index is -1.54. The standard InChI is InChI=1S/C18H11F3N4OS/c19-12-5-10(6-13(20)16(12)21)7-22-17(26)11-8-23-25(9-11)18-24-14-3-1-2-4-15(14)27-18/h1-6,8-9H,7H2,(H,22,26). The molecule has 0 spiro atoms. The second-order valence-electron chi connectivity index (χ2n) is 5.69. The van der Waals surface area contributed by atoms with E-state index in [2.05, 4.69) is 15.4 Å². The summed E-state index contributed by atoms with van der Waals surface area (Å²) in [5.41, 5.74) is 1.20. The molecule has 0 atom stereocenters. The van der Waals surface area contributed by atoms with Crippen molar-refractivity contribution in [2.45, 2.75) is 6.54 Å². The van der Waals surface area contributed by atoms with Crippen LogP contribution in [0.4, 0.5) is 13.2 Å². The highest BCUT2D eigenvalue weighted by molar-refractivity contribution is 7.20. The topological polar surface area (TPSA) is 59.8 Å². The molecule has 0 unspecified atom stereocenters. The number of halogens is 3. The fourth-order valence-corrected chi connectivity index (χ4v) is 3.40. The van der Waals surface area contributed by atoms with Crippen molar-refractivity contribution in [3.05, 3.63) is 77.4 Å². The summed E-state index contributed by atoms with van der Waals surface area (Å²) in [5, 5.41) is 7.26. The highest BCUT2D eigenvalue weighted by Gasteiger charge is 2.14. The number of rotatable bonds is 4. The second kappa shape index (κ2) is 6.84. The molecule has 0 fully saturated rings. The van der Waals surface area contributed by atoms with Gasteiger partial charge in [-0.05, 0) is 29.8 Å². The zero-order valence-corrected chi connectivity index (χ0v) is 14.4. The summed E-state index contributed by atoms with van der Waals surface area (Å²) in [4.78, 5) is 16.7. The number of benzene rings is 2. The van der Waals surface area contributed by atoms with E-state index < -0.39 is 23.4 Å². The first-order valence-corrected chi connectivity index (χ1v) is 8.65. The third-order valence-corrected chi connectivity index (χ3v) is 4.85. The van der Waals surface area contributed by atoms with Crippen LogP contribution in [0.15, 0.2) is 48.8 Å². The summed E-state index contributed by atoms with van der Waals surface area (Å²) >= 11 is 1.43. The molecule has 2 heterocycles. The van der Waals surface area contributed by atoms with E-state index >= 15 is 0 Å². The molecule has 0 radical (unpaired) electrons. The zero-order valence-electron chi connectivity index (χ0n) is 13.6. The molecule has 27 heavy (non-hydrogen) atoms. The zero-order chi connectivity index (χ0) is 19.0. The molecular weight excluding hydrogens is 377 g/mol. The lowest BCUT2D eigenvalue weighted by molar-refractivity contribution is 0.0950. The Morgan fingerprint density at radius 3 is 2.63 bits per heavy atom. The van der Waals surface area contributed by atoms with E-state index in [-0.39, 0.29) is 17.7 Å². The maximum absolute atomic E-state index is 13.2. The number of carbonyl (C=O) groups is 1. The molecule has 136 valence electrons. The number of nitrogens with zero attached hydrogens (tertiary/aromatic N) is 3. The maximum Gasteiger partial charge on any atom is 0.254 e. The first-order chi connectivity index (χ1) is 13.0. The fourth-order valence-electron chi connectivity index (χ4n) is 2.50. The van der Waals surface area contributed by atoms with Gasteiger partial charge < -0.3 is 5.32 Å². The summed E-state index contributed by atoms with van der Waals surface area (Å²) in [6.45, 7) is -0.154. The minimum Gasteiger partial charge on any atom is -0.348 e. The van der Waals surface area contributed by atoms with Gasteiger partial charge in [0.1, 0.15) is 0 Å². The average Bonchev–Trinajstić information content (AvgIpc) is 3.30. The van der Waals surface area contributed by atoms with Crippen LogP contribution in [0.2, 0.25) is 0 Å². The average molecular weight is 388 g/mol. The predicted octanol–water partition coefficient (Wildman–Crippen LogP) is 3.83. The molecule has 0 bridgehead atoms. The van der Waals surface area contributed by atoms with Crippen molar-refractivity contribution in [2.24, 2.45) is 0 Å². The van der Waals surface area contributed by atoms with Crippen molar-refractivity contribution in [3.63, 3.8) is 0 Å². The van der Waals surface area contributed by atoms with E-state index in [9.17, 15) is 18.0 Å². The highest BCUT2D eigenvalue weighted by atomic mass is 32.1. The minimum absolute atomic E-state index is 0.110.